The van der Waals surface area contributed by atoms with Crippen molar-refractivity contribution in [2.45, 2.75) is 6.54 Å². The molecule has 0 aliphatic heterocycles. The van der Waals surface area contributed by atoms with E-state index in [1.807, 2.05) is 18.2 Å². The van der Waals surface area contributed by atoms with Gasteiger partial charge in [-0.05, 0) is 22.6 Å². The van der Waals surface area contributed by atoms with Crippen LogP contribution in [-0.2, 0) is 6.54 Å². The van der Waals surface area contributed by atoms with E-state index in [4.69, 9.17) is 4.74 Å². The molecule has 0 aliphatic carbocycles. The van der Waals surface area contributed by atoms with Crippen LogP contribution in [0.2, 0.25) is 0 Å². The van der Waals surface area contributed by atoms with Crippen LogP contribution >= 0.6 is 0 Å². The summed E-state index contributed by atoms with van der Waals surface area (Å²) < 4.78 is 5.05. The van der Waals surface area contributed by atoms with E-state index in [9.17, 15) is 0 Å². The number of anilines is 1. The van der Waals surface area contributed by atoms with Gasteiger partial charge in [0.1, 0.15) is 5.75 Å². The second-order valence-corrected chi connectivity index (χ2v) is 2.83. The van der Waals surface area contributed by atoms with Crippen molar-refractivity contribution in [1.82, 2.24) is 20.6 Å². The number of methoxy groups -OCH3 is 1. The molecule has 0 amide bonds. The van der Waals surface area contributed by atoms with Gasteiger partial charge in [-0.3, -0.25) is 0 Å². The zero-order valence-corrected chi connectivity index (χ0v) is 8.19. The number of rotatable bonds is 4. The highest BCUT2D eigenvalue weighted by atomic mass is 16.5. The molecule has 0 atom stereocenters. The van der Waals surface area contributed by atoms with E-state index in [1.54, 1.807) is 7.11 Å². The molecule has 0 saturated heterocycles. The number of tetrazole rings is 1. The molecule has 2 rings (SSSR count). The van der Waals surface area contributed by atoms with Crippen molar-refractivity contribution in [3.63, 3.8) is 0 Å². The predicted octanol–water partition coefficient (Wildman–Crippen LogP) is 0.621. The average molecular weight is 204 g/mol. The molecule has 6 nitrogen and oxygen atoms in total. The number of nitrogens with zero attached hydrogens (tertiary/aromatic N) is 3. The number of aromatic nitrogens is 4. The Bertz CT molecular complexity index is 414. The summed E-state index contributed by atoms with van der Waals surface area (Å²) in [4.78, 5) is 0. The molecule has 0 unspecified atom stereocenters. The fourth-order valence-electron chi connectivity index (χ4n) is 1.10. The van der Waals surface area contributed by atoms with Crippen LogP contribution in [-0.4, -0.2) is 27.7 Å². The standard InChI is InChI=1S/C9H10N5O/c1-15-8-4-2-3-7(5-8)10-6-9-11-13-14-12-9/h2-4,10H,6H2,1H3,(H,11,12,13,14). The maximum atomic E-state index is 5.05. The van der Waals surface area contributed by atoms with Crippen molar-refractivity contribution >= 4 is 5.69 Å². The Balaban J connectivity index is 1.98. The van der Waals surface area contributed by atoms with Crippen LogP contribution < -0.4 is 10.1 Å². The van der Waals surface area contributed by atoms with Gasteiger partial charge in [-0.25, -0.2) is 5.10 Å². The van der Waals surface area contributed by atoms with E-state index in [0.717, 1.165) is 5.69 Å². The van der Waals surface area contributed by atoms with Crippen molar-refractivity contribution in [2.24, 2.45) is 0 Å². The normalized spacial score (nSPS) is 9.93. The van der Waals surface area contributed by atoms with E-state index >= 15 is 0 Å². The summed E-state index contributed by atoms with van der Waals surface area (Å²) in [5.74, 6) is 1.36. The second kappa shape index (κ2) is 4.41. The van der Waals surface area contributed by atoms with Gasteiger partial charge in [0.2, 0.25) is 0 Å². The minimum absolute atomic E-state index is 0.524. The molecule has 1 aromatic carbocycles. The molecule has 0 spiro atoms. The van der Waals surface area contributed by atoms with Gasteiger partial charge in [0.05, 0.1) is 19.7 Å². The molecule has 0 bridgehead atoms. The SMILES string of the molecule is COc1[c]c(NCc2nnn[nH]2)ccc1. The fraction of sp³-hybridized carbons (Fsp3) is 0.222. The molecule has 0 aliphatic rings. The summed E-state index contributed by atoms with van der Waals surface area (Å²) >= 11 is 0. The Labute approximate surface area is 86.7 Å². The first-order valence-corrected chi connectivity index (χ1v) is 4.41. The van der Waals surface area contributed by atoms with Gasteiger partial charge in [-0.1, -0.05) is 6.07 Å². The highest BCUT2D eigenvalue weighted by Gasteiger charge is 1.98. The van der Waals surface area contributed by atoms with Crippen molar-refractivity contribution in [2.75, 3.05) is 12.4 Å². The molecule has 0 fully saturated rings. The number of aromatic amines is 1. The highest BCUT2D eigenvalue weighted by molar-refractivity contribution is 5.46. The first-order valence-electron chi connectivity index (χ1n) is 4.41. The van der Waals surface area contributed by atoms with Gasteiger partial charge in [0, 0.05) is 5.69 Å². The summed E-state index contributed by atoms with van der Waals surface area (Å²) in [6.07, 6.45) is 0. The number of ether oxygens (including phenoxy) is 1. The Hall–Kier alpha value is -2.11. The molecule has 1 aromatic heterocycles. The molecule has 6 heteroatoms. The van der Waals surface area contributed by atoms with Crippen molar-refractivity contribution < 1.29 is 4.74 Å². The minimum atomic E-state index is 0.524. The number of hydrogen-bond donors (Lipinski definition) is 2. The number of benzene rings is 1. The summed E-state index contributed by atoms with van der Waals surface area (Å²) in [6, 6.07) is 8.66. The molecule has 15 heavy (non-hydrogen) atoms. The molecule has 2 N–H and O–H groups in total. The lowest BCUT2D eigenvalue weighted by Crippen LogP contribution is -2.01. The Morgan fingerprint density at radius 2 is 2.47 bits per heavy atom. The second-order valence-electron chi connectivity index (χ2n) is 2.83. The van der Waals surface area contributed by atoms with Crippen molar-refractivity contribution in [3.8, 4) is 5.75 Å². The van der Waals surface area contributed by atoms with Crippen molar-refractivity contribution in [1.29, 1.82) is 0 Å². The smallest absolute Gasteiger partial charge is 0.167 e. The zero-order chi connectivity index (χ0) is 10.5. The molecule has 1 heterocycles. The van der Waals surface area contributed by atoms with E-state index in [2.05, 4.69) is 32.0 Å². The number of hydrogen-bond acceptors (Lipinski definition) is 5. The van der Waals surface area contributed by atoms with Crippen LogP contribution in [0.15, 0.2) is 18.2 Å². The minimum Gasteiger partial charge on any atom is -0.496 e. The third-order valence-corrected chi connectivity index (χ3v) is 1.82. The number of nitrogens with one attached hydrogen (secondary N) is 2. The largest absolute Gasteiger partial charge is 0.496 e. The first kappa shape index (κ1) is 9.45. The lowest BCUT2D eigenvalue weighted by Gasteiger charge is -2.04. The molecular formula is C9H10N5O. The monoisotopic (exact) mass is 204 g/mol. The lowest BCUT2D eigenvalue weighted by molar-refractivity contribution is 0.414. The molecule has 0 saturated carbocycles. The summed E-state index contributed by atoms with van der Waals surface area (Å²) in [6.45, 7) is 0.524. The van der Waals surface area contributed by atoms with Gasteiger partial charge in [0.25, 0.3) is 0 Å². The molecule has 1 radical (unpaired) electrons. The summed E-state index contributed by atoms with van der Waals surface area (Å²) in [7, 11) is 1.61. The van der Waals surface area contributed by atoms with Crippen LogP contribution in [0.25, 0.3) is 0 Å². The fourth-order valence-corrected chi connectivity index (χ4v) is 1.10. The Kier molecular flexibility index (Phi) is 2.77. The van der Waals surface area contributed by atoms with Crippen LogP contribution in [0, 0.1) is 6.07 Å². The van der Waals surface area contributed by atoms with Crippen molar-refractivity contribution in [3.05, 3.63) is 30.1 Å². The summed E-state index contributed by atoms with van der Waals surface area (Å²) in [5, 5.41) is 16.5. The van der Waals surface area contributed by atoms with E-state index < -0.39 is 0 Å². The summed E-state index contributed by atoms with van der Waals surface area (Å²) in [5.41, 5.74) is 0.839. The molecule has 2 aromatic rings. The average Bonchev–Trinajstić information content (AvgIpc) is 2.79. The molecule has 77 valence electrons. The maximum Gasteiger partial charge on any atom is 0.167 e. The lowest BCUT2D eigenvalue weighted by atomic mass is 10.3. The van der Waals surface area contributed by atoms with Gasteiger partial charge in [-0.15, -0.1) is 5.10 Å². The third-order valence-electron chi connectivity index (χ3n) is 1.82. The van der Waals surface area contributed by atoms with Gasteiger partial charge >= 0.3 is 0 Å². The van der Waals surface area contributed by atoms with Crippen LogP contribution in [0.1, 0.15) is 5.82 Å². The zero-order valence-electron chi connectivity index (χ0n) is 8.19. The van der Waals surface area contributed by atoms with Gasteiger partial charge < -0.3 is 10.1 Å². The maximum absolute atomic E-state index is 5.05. The quantitative estimate of drug-likeness (QED) is 0.763. The Morgan fingerprint density at radius 3 is 3.20 bits per heavy atom. The number of H-pyrrole nitrogens is 1. The Morgan fingerprint density at radius 1 is 1.53 bits per heavy atom. The van der Waals surface area contributed by atoms with E-state index in [1.165, 1.54) is 0 Å². The van der Waals surface area contributed by atoms with Crippen LogP contribution in [0.4, 0.5) is 5.69 Å². The van der Waals surface area contributed by atoms with E-state index in [-0.39, 0.29) is 0 Å². The van der Waals surface area contributed by atoms with Crippen LogP contribution in [0.5, 0.6) is 5.75 Å². The highest BCUT2D eigenvalue weighted by Crippen LogP contribution is 2.15. The predicted molar refractivity (Wildman–Crippen MR) is 53.3 cm³/mol. The topological polar surface area (TPSA) is 75.7 Å². The van der Waals surface area contributed by atoms with Gasteiger partial charge in [0.15, 0.2) is 5.82 Å². The van der Waals surface area contributed by atoms with Crippen LogP contribution in [0.3, 0.4) is 0 Å². The first-order chi connectivity index (χ1) is 7.38. The van der Waals surface area contributed by atoms with Gasteiger partial charge in [-0.2, -0.15) is 0 Å². The van der Waals surface area contributed by atoms with E-state index in [0.29, 0.717) is 18.1 Å². The third kappa shape index (κ3) is 2.43. The molecular weight excluding hydrogens is 194 g/mol.